The fourth-order valence-corrected chi connectivity index (χ4v) is 2.67. The Morgan fingerprint density at radius 2 is 2.04 bits per heavy atom. The van der Waals surface area contributed by atoms with E-state index in [2.05, 4.69) is 25.5 Å². The molecule has 27 heavy (non-hydrogen) atoms. The first-order chi connectivity index (χ1) is 12.8. The number of amides is 1. The average molecular weight is 375 g/mol. The SMILES string of the molecule is NCc1nc2ccc(NC(=O)c3ccn4c(C(F)(F)F)nnc4c3)cc2[nH]1. The summed E-state index contributed by atoms with van der Waals surface area (Å²) < 4.78 is 39.3. The molecule has 0 radical (unpaired) electrons. The van der Waals surface area contributed by atoms with Crippen molar-refractivity contribution in [2.24, 2.45) is 5.73 Å². The number of aromatic nitrogens is 5. The van der Waals surface area contributed by atoms with Crippen molar-refractivity contribution in [2.75, 3.05) is 5.32 Å². The summed E-state index contributed by atoms with van der Waals surface area (Å²) in [5.41, 5.74) is 7.52. The lowest BCUT2D eigenvalue weighted by Gasteiger charge is -2.07. The summed E-state index contributed by atoms with van der Waals surface area (Å²) >= 11 is 0. The molecule has 3 heterocycles. The van der Waals surface area contributed by atoms with E-state index in [4.69, 9.17) is 5.73 Å². The number of hydrogen-bond acceptors (Lipinski definition) is 5. The van der Waals surface area contributed by atoms with Crippen LogP contribution >= 0.6 is 0 Å². The second-order valence-corrected chi connectivity index (χ2v) is 5.74. The van der Waals surface area contributed by atoms with E-state index in [1.807, 2.05) is 0 Å². The van der Waals surface area contributed by atoms with Crippen LogP contribution < -0.4 is 11.1 Å². The largest absolute Gasteiger partial charge is 0.452 e. The van der Waals surface area contributed by atoms with Crippen molar-refractivity contribution in [3.05, 3.63) is 53.7 Å². The standard InChI is InChI=1S/C16H12F3N7O/c17-16(18,19)15-25-24-13-5-8(3-4-26(13)15)14(27)21-9-1-2-10-11(6-9)23-12(7-20)22-10/h1-6H,7,20H2,(H,21,27)(H,22,23). The fraction of sp³-hybridized carbons (Fsp3) is 0.125. The number of carbonyl (C=O) groups excluding carboxylic acids is 1. The van der Waals surface area contributed by atoms with Crippen LogP contribution in [-0.2, 0) is 12.7 Å². The zero-order chi connectivity index (χ0) is 19.2. The van der Waals surface area contributed by atoms with Crippen LogP contribution in [0.3, 0.4) is 0 Å². The van der Waals surface area contributed by atoms with Crippen LogP contribution in [0, 0.1) is 0 Å². The van der Waals surface area contributed by atoms with Crippen LogP contribution in [0.4, 0.5) is 18.9 Å². The first-order valence-corrected chi connectivity index (χ1v) is 7.77. The maximum Gasteiger partial charge on any atom is 0.452 e. The van der Waals surface area contributed by atoms with Gasteiger partial charge in [-0.25, -0.2) is 4.98 Å². The van der Waals surface area contributed by atoms with E-state index in [0.29, 0.717) is 22.5 Å². The van der Waals surface area contributed by atoms with Gasteiger partial charge in [0, 0.05) is 17.4 Å². The zero-order valence-electron chi connectivity index (χ0n) is 13.6. The Bertz CT molecular complexity index is 1160. The molecular weight excluding hydrogens is 363 g/mol. The molecule has 0 fully saturated rings. The summed E-state index contributed by atoms with van der Waals surface area (Å²) in [4.78, 5) is 19.7. The van der Waals surface area contributed by atoms with Crippen molar-refractivity contribution in [3.63, 3.8) is 0 Å². The quantitative estimate of drug-likeness (QED) is 0.509. The van der Waals surface area contributed by atoms with Crippen LogP contribution in [-0.4, -0.2) is 30.5 Å². The predicted octanol–water partition coefficient (Wildman–Crippen LogP) is 2.34. The number of aromatic amines is 1. The number of H-pyrrole nitrogens is 1. The lowest BCUT2D eigenvalue weighted by atomic mass is 10.2. The minimum absolute atomic E-state index is 0.0772. The third-order valence-corrected chi connectivity index (χ3v) is 3.91. The number of carbonyl (C=O) groups is 1. The number of nitrogens with zero attached hydrogens (tertiary/aromatic N) is 4. The van der Waals surface area contributed by atoms with E-state index >= 15 is 0 Å². The first kappa shape index (κ1) is 17.0. The monoisotopic (exact) mass is 375 g/mol. The molecule has 4 rings (SSSR count). The van der Waals surface area contributed by atoms with E-state index in [9.17, 15) is 18.0 Å². The normalized spacial score (nSPS) is 12.0. The minimum Gasteiger partial charge on any atom is -0.341 e. The second-order valence-electron chi connectivity index (χ2n) is 5.74. The van der Waals surface area contributed by atoms with E-state index in [1.54, 1.807) is 18.2 Å². The molecule has 0 aliphatic heterocycles. The molecule has 1 amide bonds. The Balaban J connectivity index is 1.61. The average Bonchev–Trinajstić information content (AvgIpc) is 3.23. The number of fused-ring (bicyclic) bond motifs is 2. The van der Waals surface area contributed by atoms with Gasteiger partial charge in [-0.1, -0.05) is 0 Å². The Morgan fingerprint density at radius 1 is 1.22 bits per heavy atom. The number of imidazole rings is 1. The zero-order valence-corrected chi connectivity index (χ0v) is 13.6. The van der Waals surface area contributed by atoms with Gasteiger partial charge in [-0.2, -0.15) is 13.2 Å². The summed E-state index contributed by atoms with van der Waals surface area (Å²) in [6.45, 7) is 0.259. The Labute approximate surface area is 149 Å². The maximum atomic E-state index is 12.8. The van der Waals surface area contributed by atoms with Crippen molar-refractivity contribution in [1.82, 2.24) is 24.6 Å². The Morgan fingerprint density at radius 3 is 2.78 bits per heavy atom. The summed E-state index contributed by atoms with van der Waals surface area (Å²) in [5, 5.41) is 9.29. The number of pyridine rings is 1. The molecule has 0 saturated carbocycles. The number of hydrogen-bond donors (Lipinski definition) is 3. The third kappa shape index (κ3) is 3.08. The van der Waals surface area contributed by atoms with Gasteiger partial charge in [0.2, 0.25) is 5.82 Å². The fourth-order valence-electron chi connectivity index (χ4n) is 2.67. The number of benzene rings is 1. The lowest BCUT2D eigenvalue weighted by molar-refractivity contribution is -0.145. The van der Waals surface area contributed by atoms with Crippen molar-refractivity contribution in [2.45, 2.75) is 12.7 Å². The number of nitrogens with one attached hydrogen (secondary N) is 2. The molecule has 11 heteroatoms. The Hall–Kier alpha value is -3.47. The number of rotatable bonds is 3. The van der Waals surface area contributed by atoms with Crippen LogP contribution in [0.5, 0.6) is 0 Å². The molecule has 0 spiro atoms. The van der Waals surface area contributed by atoms with Crippen molar-refractivity contribution < 1.29 is 18.0 Å². The molecule has 4 aromatic rings. The molecule has 3 aromatic heterocycles. The number of anilines is 1. The van der Waals surface area contributed by atoms with Gasteiger partial charge in [-0.15, -0.1) is 10.2 Å². The van der Waals surface area contributed by atoms with Gasteiger partial charge in [0.15, 0.2) is 5.65 Å². The van der Waals surface area contributed by atoms with Gasteiger partial charge in [-0.3, -0.25) is 9.20 Å². The summed E-state index contributed by atoms with van der Waals surface area (Å²) in [7, 11) is 0. The van der Waals surface area contributed by atoms with Gasteiger partial charge in [0.1, 0.15) is 5.82 Å². The number of halogens is 3. The van der Waals surface area contributed by atoms with E-state index in [1.165, 1.54) is 12.1 Å². The minimum atomic E-state index is -4.63. The van der Waals surface area contributed by atoms with Gasteiger partial charge in [-0.05, 0) is 30.3 Å². The molecule has 0 atom stereocenters. The third-order valence-electron chi connectivity index (χ3n) is 3.91. The summed E-state index contributed by atoms with van der Waals surface area (Å²) in [6.07, 6.45) is -3.52. The molecule has 0 unspecified atom stereocenters. The molecule has 0 saturated heterocycles. The molecule has 1 aromatic carbocycles. The van der Waals surface area contributed by atoms with Gasteiger partial charge in [0.05, 0.1) is 17.6 Å². The highest BCUT2D eigenvalue weighted by Gasteiger charge is 2.36. The van der Waals surface area contributed by atoms with E-state index in [0.717, 1.165) is 10.6 Å². The molecular formula is C16H12F3N7O. The predicted molar refractivity (Wildman–Crippen MR) is 89.9 cm³/mol. The second kappa shape index (κ2) is 6.06. The highest BCUT2D eigenvalue weighted by Crippen LogP contribution is 2.28. The maximum absolute atomic E-state index is 12.8. The number of nitrogens with two attached hydrogens (primary N) is 1. The van der Waals surface area contributed by atoms with E-state index < -0.39 is 17.9 Å². The highest BCUT2D eigenvalue weighted by atomic mass is 19.4. The van der Waals surface area contributed by atoms with E-state index in [-0.39, 0.29) is 17.8 Å². The van der Waals surface area contributed by atoms with Crippen LogP contribution in [0.15, 0.2) is 36.5 Å². The Kier molecular flexibility index (Phi) is 3.81. The first-order valence-electron chi connectivity index (χ1n) is 7.77. The summed E-state index contributed by atoms with van der Waals surface area (Å²) in [6, 6.07) is 7.58. The van der Waals surface area contributed by atoms with Crippen molar-refractivity contribution in [3.8, 4) is 0 Å². The molecule has 8 nitrogen and oxygen atoms in total. The smallest absolute Gasteiger partial charge is 0.341 e. The molecule has 0 bridgehead atoms. The van der Waals surface area contributed by atoms with Crippen LogP contribution in [0.2, 0.25) is 0 Å². The van der Waals surface area contributed by atoms with Gasteiger partial charge >= 0.3 is 6.18 Å². The topological polar surface area (TPSA) is 114 Å². The lowest BCUT2D eigenvalue weighted by Crippen LogP contribution is -2.13. The highest BCUT2D eigenvalue weighted by molar-refractivity contribution is 6.05. The van der Waals surface area contributed by atoms with Crippen molar-refractivity contribution >= 4 is 28.3 Å². The van der Waals surface area contributed by atoms with Gasteiger partial charge in [0.25, 0.3) is 5.91 Å². The van der Waals surface area contributed by atoms with Crippen LogP contribution in [0.1, 0.15) is 22.0 Å². The van der Waals surface area contributed by atoms with Crippen molar-refractivity contribution in [1.29, 1.82) is 0 Å². The number of alkyl halides is 3. The van der Waals surface area contributed by atoms with Crippen LogP contribution in [0.25, 0.3) is 16.7 Å². The van der Waals surface area contributed by atoms with Gasteiger partial charge < -0.3 is 16.0 Å². The molecule has 0 aliphatic carbocycles. The summed E-state index contributed by atoms with van der Waals surface area (Å²) in [5.74, 6) is -1.02. The molecule has 0 aliphatic rings. The molecule has 138 valence electrons. The molecule has 4 N–H and O–H groups in total.